The summed E-state index contributed by atoms with van der Waals surface area (Å²) in [6, 6.07) is 4.22. The molecule has 1 aromatic heterocycles. The number of hydrazone groups is 1. The summed E-state index contributed by atoms with van der Waals surface area (Å²) in [6.07, 6.45) is 1.27. The first-order valence-electron chi connectivity index (χ1n) is 7.26. The Morgan fingerprint density at radius 1 is 1.42 bits per heavy atom. The Bertz CT molecular complexity index is 969. The van der Waals surface area contributed by atoms with Crippen LogP contribution in [0.1, 0.15) is 5.56 Å². The molecule has 11 heteroatoms. The van der Waals surface area contributed by atoms with E-state index in [2.05, 4.69) is 15.6 Å². The van der Waals surface area contributed by atoms with E-state index in [1.807, 2.05) is 0 Å². The second-order valence-corrected chi connectivity index (χ2v) is 6.02. The molecule has 0 spiro atoms. The number of rotatable bonds is 6. The average Bonchev–Trinajstić information content (AvgIpc) is 2.62. The highest BCUT2D eigenvalue weighted by Gasteiger charge is 2.11. The van der Waals surface area contributed by atoms with Gasteiger partial charge in [-0.2, -0.15) is 10.2 Å². The van der Waals surface area contributed by atoms with Crippen molar-refractivity contribution < 1.29 is 13.9 Å². The lowest BCUT2D eigenvalue weighted by atomic mass is 10.2. The Balaban J connectivity index is 1.95. The molecule has 1 heterocycles. The number of benzene rings is 1. The molecule has 0 aliphatic heterocycles. The molecule has 0 aliphatic carbocycles. The van der Waals surface area contributed by atoms with E-state index in [1.165, 1.54) is 39.6 Å². The van der Waals surface area contributed by atoms with E-state index in [1.54, 1.807) is 6.07 Å². The molecule has 1 aromatic carbocycles. The quantitative estimate of drug-likeness (QED) is 0.424. The van der Waals surface area contributed by atoms with E-state index in [9.17, 15) is 18.8 Å². The van der Waals surface area contributed by atoms with Crippen LogP contribution in [0.25, 0.3) is 0 Å². The Morgan fingerprint density at radius 3 is 2.81 bits per heavy atom. The third-order valence-electron chi connectivity index (χ3n) is 3.21. The Kier molecular flexibility index (Phi) is 6.28. The summed E-state index contributed by atoms with van der Waals surface area (Å²) in [6.45, 7) is 0. The Morgan fingerprint density at radius 2 is 2.15 bits per heavy atom. The fraction of sp³-hybridized carbons (Fsp3) is 0.267. The van der Waals surface area contributed by atoms with Gasteiger partial charge >= 0.3 is 5.69 Å². The monoisotopic (exact) mass is 381 g/mol. The standard InChI is InChI=1S/C15H16FN5O4S/c1-20-14(23)13(19-21(2)15(20)24)26-8-12(22)18-17-7-9-4-5-11(25-3)10(16)6-9/h4-7H,8H2,1-3H3,(H,18,22)/b17-7-. The van der Waals surface area contributed by atoms with E-state index in [0.29, 0.717) is 5.56 Å². The van der Waals surface area contributed by atoms with E-state index in [-0.39, 0.29) is 16.5 Å². The molecule has 1 N–H and O–H groups in total. The third kappa shape index (κ3) is 4.57. The summed E-state index contributed by atoms with van der Waals surface area (Å²) < 4.78 is 20.3. The van der Waals surface area contributed by atoms with E-state index >= 15 is 0 Å². The number of nitrogens with one attached hydrogen (secondary N) is 1. The molecule has 2 rings (SSSR count). The van der Waals surface area contributed by atoms with Crippen LogP contribution in [0.2, 0.25) is 0 Å². The lowest BCUT2D eigenvalue weighted by molar-refractivity contribution is -0.118. The predicted molar refractivity (Wildman–Crippen MR) is 94.1 cm³/mol. The van der Waals surface area contributed by atoms with Crippen molar-refractivity contribution in [1.82, 2.24) is 19.8 Å². The predicted octanol–water partition coefficient (Wildman–Crippen LogP) is -0.131. The van der Waals surface area contributed by atoms with Crippen LogP contribution in [0, 0.1) is 5.82 Å². The largest absolute Gasteiger partial charge is 0.494 e. The summed E-state index contributed by atoms with van der Waals surface area (Å²) >= 11 is 0.879. The number of carbonyl (C=O) groups excluding carboxylic acids is 1. The number of hydrogen-bond acceptors (Lipinski definition) is 7. The Hall–Kier alpha value is -2.95. The van der Waals surface area contributed by atoms with Crippen molar-refractivity contribution in [2.24, 2.45) is 19.2 Å². The number of thioether (sulfide) groups is 1. The molecule has 0 fully saturated rings. The number of nitrogens with zero attached hydrogens (tertiary/aromatic N) is 4. The van der Waals surface area contributed by atoms with E-state index in [0.717, 1.165) is 21.0 Å². The molecule has 0 radical (unpaired) electrons. The lowest BCUT2D eigenvalue weighted by Crippen LogP contribution is -2.39. The number of ether oxygens (including phenoxy) is 1. The number of aromatic nitrogens is 3. The SMILES string of the molecule is COc1ccc(/C=N\NC(=O)CSc2nn(C)c(=O)n(C)c2=O)cc1F. The molecular formula is C15H16FN5O4S. The zero-order valence-electron chi connectivity index (χ0n) is 14.2. The molecule has 1 amide bonds. The average molecular weight is 381 g/mol. The van der Waals surface area contributed by atoms with E-state index < -0.39 is 23.0 Å². The van der Waals surface area contributed by atoms with Crippen LogP contribution < -0.4 is 21.4 Å². The molecule has 9 nitrogen and oxygen atoms in total. The zero-order chi connectivity index (χ0) is 19.3. The molecule has 0 bridgehead atoms. The van der Waals surface area contributed by atoms with Gasteiger partial charge in [0.05, 0.1) is 19.1 Å². The first-order chi connectivity index (χ1) is 12.3. The first-order valence-corrected chi connectivity index (χ1v) is 8.24. The van der Waals surface area contributed by atoms with Crippen LogP contribution in [0.3, 0.4) is 0 Å². The number of amides is 1. The zero-order valence-corrected chi connectivity index (χ0v) is 15.0. The summed E-state index contributed by atoms with van der Waals surface area (Å²) in [7, 11) is 4.09. The van der Waals surface area contributed by atoms with Crippen molar-refractivity contribution in [2.45, 2.75) is 5.03 Å². The normalized spacial score (nSPS) is 10.9. The van der Waals surface area contributed by atoms with Gasteiger partial charge in [-0.1, -0.05) is 11.8 Å². The molecule has 0 aliphatic rings. The minimum Gasteiger partial charge on any atom is -0.494 e. The highest BCUT2D eigenvalue weighted by atomic mass is 32.2. The van der Waals surface area contributed by atoms with Gasteiger partial charge in [-0.3, -0.25) is 14.2 Å². The van der Waals surface area contributed by atoms with Crippen LogP contribution in [0.15, 0.2) is 37.9 Å². The highest BCUT2D eigenvalue weighted by molar-refractivity contribution is 7.99. The smallest absolute Gasteiger partial charge is 0.346 e. The van der Waals surface area contributed by atoms with Gasteiger partial charge in [0.25, 0.3) is 5.56 Å². The van der Waals surface area contributed by atoms with Crippen LogP contribution in [-0.4, -0.2) is 39.3 Å². The maximum Gasteiger partial charge on any atom is 0.346 e. The lowest BCUT2D eigenvalue weighted by Gasteiger charge is -2.04. The minimum absolute atomic E-state index is 0.0194. The van der Waals surface area contributed by atoms with Crippen LogP contribution in [0.5, 0.6) is 5.75 Å². The number of carbonyl (C=O) groups is 1. The van der Waals surface area contributed by atoms with Crippen molar-refractivity contribution in [2.75, 3.05) is 12.9 Å². The number of hydrogen-bond donors (Lipinski definition) is 1. The molecule has 26 heavy (non-hydrogen) atoms. The van der Waals surface area contributed by atoms with Gasteiger partial charge < -0.3 is 4.74 Å². The molecule has 0 saturated carbocycles. The van der Waals surface area contributed by atoms with Crippen molar-refractivity contribution in [3.05, 3.63) is 50.4 Å². The maximum absolute atomic E-state index is 13.5. The fourth-order valence-corrected chi connectivity index (χ4v) is 2.64. The molecular weight excluding hydrogens is 365 g/mol. The number of aryl methyl sites for hydroxylation is 1. The van der Waals surface area contributed by atoms with E-state index in [4.69, 9.17) is 4.74 Å². The highest BCUT2D eigenvalue weighted by Crippen LogP contribution is 2.16. The second-order valence-electron chi connectivity index (χ2n) is 5.05. The van der Waals surface area contributed by atoms with Crippen molar-refractivity contribution in [1.29, 1.82) is 0 Å². The third-order valence-corrected chi connectivity index (χ3v) is 4.15. The van der Waals surface area contributed by atoms with Gasteiger partial charge in [0.2, 0.25) is 5.91 Å². The summed E-state index contributed by atoms with van der Waals surface area (Å²) in [5.74, 6) is -1.06. The molecule has 2 aromatic rings. The van der Waals surface area contributed by atoms with Gasteiger partial charge in [-0.25, -0.2) is 19.3 Å². The maximum atomic E-state index is 13.5. The molecule has 0 atom stereocenters. The van der Waals surface area contributed by atoms with Gasteiger partial charge in [0, 0.05) is 14.1 Å². The summed E-state index contributed by atoms with van der Waals surface area (Å²) in [5, 5.41) is 7.56. The minimum atomic E-state index is -0.580. The number of halogens is 1. The summed E-state index contributed by atoms with van der Waals surface area (Å²) in [5.41, 5.74) is 1.56. The van der Waals surface area contributed by atoms with Crippen molar-refractivity contribution in [3.63, 3.8) is 0 Å². The number of methoxy groups -OCH3 is 1. The fourth-order valence-electron chi connectivity index (χ4n) is 1.87. The van der Waals surface area contributed by atoms with Crippen LogP contribution in [-0.2, 0) is 18.9 Å². The Labute approximate surface area is 151 Å². The van der Waals surface area contributed by atoms with Gasteiger partial charge in [0.15, 0.2) is 16.6 Å². The van der Waals surface area contributed by atoms with Gasteiger partial charge in [-0.15, -0.1) is 0 Å². The molecule has 0 unspecified atom stereocenters. The van der Waals surface area contributed by atoms with Crippen LogP contribution in [0.4, 0.5) is 4.39 Å². The second kappa shape index (κ2) is 8.43. The van der Waals surface area contributed by atoms with Gasteiger partial charge in [-0.05, 0) is 23.8 Å². The topological polar surface area (TPSA) is 108 Å². The first kappa shape index (κ1) is 19.4. The molecule has 138 valence electrons. The summed E-state index contributed by atoms with van der Waals surface area (Å²) in [4.78, 5) is 35.2. The van der Waals surface area contributed by atoms with Crippen LogP contribution >= 0.6 is 11.8 Å². The van der Waals surface area contributed by atoms with Crippen molar-refractivity contribution in [3.8, 4) is 5.75 Å². The van der Waals surface area contributed by atoms with Crippen molar-refractivity contribution >= 4 is 23.9 Å². The van der Waals surface area contributed by atoms with Gasteiger partial charge in [0.1, 0.15) is 0 Å². The molecule has 0 saturated heterocycles.